The summed E-state index contributed by atoms with van der Waals surface area (Å²) in [6, 6.07) is 5.76. The Kier molecular flexibility index (Phi) is 4.66. The van der Waals surface area contributed by atoms with Crippen molar-refractivity contribution in [1.29, 1.82) is 0 Å². The van der Waals surface area contributed by atoms with Gasteiger partial charge in [0.1, 0.15) is 0 Å². The molecule has 0 bridgehead atoms. The molecule has 20 heavy (non-hydrogen) atoms. The van der Waals surface area contributed by atoms with Crippen molar-refractivity contribution in [2.45, 2.75) is 19.1 Å². The highest BCUT2D eigenvalue weighted by Gasteiger charge is 2.33. The van der Waals surface area contributed by atoms with Crippen LogP contribution in [0.15, 0.2) is 34.1 Å². The third-order valence-electron chi connectivity index (χ3n) is 2.74. The van der Waals surface area contributed by atoms with Crippen LogP contribution in [0.2, 0.25) is 4.34 Å². The second kappa shape index (κ2) is 5.95. The summed E-state index contributed by atoms with van der Waals surface area (Å²) in [5.41, 5.74) is 0.657. The van der Waals surface area contributed by atoms with E-state index in [1.54, 1.807) is 12.1 Å². The summed E-state index contributed by atoms with van der Waals surface area (Å²) in [6.07, 6.45) is -4.38. The molecular formula is C13H10BrClF3NS. The normalized spacial score (nSPS) is 13.3. The molecule has 0 aliphatic heterocycles. The molecule has 1 atom stereocenters. The SMILES string of the molecule is CC(Nc1ccc(Br)c(C(F)(F)F)c1)c1csc(Cl)c1. The summed E-state index contributed by atoms with van der Waals surface area (Å²) in [7, 11) is 0. The maximum Gasteiger partial charge on any atom is 0.417 e. The maximum absolute atomic E-state index is 12.8. The van der Waals surface area contributed by atoms with Gasteiger partial charge in [-0.15, -0.1) is 11.3 Å². The lowest BCUT2D eigenvalue weighted by molar-refractivity contribution is -0.138. The van der Waals surface area contributed by atoms with Gasteiger partial charge < -0.3 is 5.32 Å². The largest absolute Gasteiger partial charge is 0.417 e. The fraction of sp³-hybridized carbons (Fsp3) is 0.231. The Bertz CT molecular complexity index is 612. The number of benzene rings is 1. The third-order valence-corrected chi connectivity index (χ3v) is 4.54. The number of alkyl halides is 3. The monoisotopic (exact) mass is 383 g/mol. The minimum absolute atomic E-state index is 0.0294. The summed E-state index contributed by atoms with van der Waals surface area (Å²) in [4.78, 5) is 0. The van der Waals surface area contributed by atoms with Gasteiger partial charge in [-0.25, -0.2) is 0 Å². The van der Waals surface area contributed by atoms with Gasteiger partial charge in [0, 0.05) is 16.2 Å². The third kappa shape index (κ3) is 3.68. The topological polar surface area (TPSA) is 12.0 Å². The van der Waals surface area contributed by atoms with Crippen molar-refractivity contribution in [3.63, 3.8) is 0 Å². The van der Waals surface area contributed by atoms with Gasteiger partial charge in [-0.1, -0.05) is 27.5 Å². The van der Waals surface area contributed by atoms with Gasteiger partial charge in [-0.05, 0) is 42.1 Å². The van der Waals surface area contributed by atoms with E-state index in [4.69, 9.17) is 11.6 Å². The molecule has 0 radical (unpaired) electrons. The number of anilines is 1. The Labute approximate surface area is 131 Å². The number of nitrogens with one attached hydrogen (secondary N) is 1. The van der Waals surface area contributed by atoms with Crippen LogP contribution in [0.1, 0.15) is 24.1 Å². The summed E-state index contributed by atoms with van der Waals surface area (Å²) in [5, 5.41) is 4.92. The van der Waals surface area contributed by atoms with Crippen molar-refractivity contribution in [3.8, 4) is 0 Å². The molecule has 108 valence electrons. The minimum Gasteiger partial charge on any atom is -0.378 e. The van der Waals surface area contributed by atoms with Crippen molar-refractivity contribution >= 4 is 44.6 Å². The average molecular weight is 385 g/mol. The highest BCUT2D eigenvalue weighted by molar-refractivity contribution is 9.10. The Balaban J connectivity index is 2.22. The first-order valence-corrected chi connectivity index (χ1v) is 7.69. The number of hydrogen-bond acceptors (Lipinski definition) is 2. The van der Waals surface area contributed by atoms with Crippen LogP contribution < -0.4 is 5.32 Å². The first-order chi connectivity index (χ1) is 9.27. The molecule has 0 amide bonds. The van der Waals surface area contributed by atoms with Crippen LogP contribution in [0.4, 0.5) is 18.9 Å². The number of thiophene rings is 1. The first-order valence-electron chi connectivity index (χ1n) is 5.64. The smallest absolute Gasteiger partial charge is 0.378 e. The van der Waals surface area contributed by atoms with E-state index in [9.17, 15) is 13.2 Å². The summed E-state index contributed by atoms with van der Waals surface area (Å²) in [5.74, 6) is 0. The predicted molar refractivity (Wildman–Crippen MR) is 80.5 cm³/mol. The molecular weight excluding hydrogens is 375 g/mol. The van der Waals surface area contributed by atoms with Gasteiger partial charge in [-0.2, -0.15) is 13.2 Å². The van der Waals surface area contributed by atoms with Crippen LogP contribution in [-0.4, -0.2) is 0 Å². The van der Waals surface area contributed by atoms with Crippen LogP contribution in [0.5, 0.6) is 0 Å². The Morgan fingerprint density at radius 3 is 2.55 bits per heavy atom. The molecule has 0 saturated heterocycles. The lowest BCUT2D eigenvalue weighted by Gasteiger charge is -2.16. The predicted octanol–water partition coefficient (Wildman–Crippen LogP) is 6.36. The van der Waals surface area contributed by atoms with Crippen molar-refractivity contribution in [2.75, 3.05) is 5.32 Å². The molecule has 0 saturated carbocycles. The van der Waals surface area contributed by atoms with Crippen LogP contribution in [0, 0.1) is 0 Å². The molecule has 2 rings (SSSR count). The lowest BCUT2D eigenvalue weighted by Crippen LogP contribution is -2.09. The zero-order valence-corrected chi connectivity index (χ0v) is 13.4. The zero-order valence-electron chi connectivity index (χ0n) is 10.3. The van der Waals surface area contributed by atoms with E-state index in [-0.39, 0.29) is 10.5 Å². The van der Waals surface area contributed by atoms with Crippen LogP contribution in [0.25, 0.3) is 0 Å². The van der Waals surface area contributed by atoms with Gasteiger partial charge in [0.05, 0.1) is 9.90 Å². The van der Waals surface area contributed by atoms with Gasteiger partial charge in [0.15, 0.2) is 0 Å². The van der Waals surface area contributed by atoms with Crippen molar-refractivity contribution in [3.05, 3.63) is 49.6 Å². The van der Waals surface area contributed by atoms with E-state index in [0.29, 0.717) is 10.0 Å². The average Bonchev–Trinajstić information content (AvgIpc) is 2.77. The first kappa shape index (κ1) is 15.7. The standard InChI is InChI=1S/C13H10BrClF3NS/c1-7(8-4-12(15)20-6-8)19-9-2-3-11(14)10(5-9)13(16,17)18/h2-7,19H,1H3. The molecule has 1 aromatic heterocycles. The Morgan fingerprint density at radius 2 is 2.00 bits per heavy atom. The van der Waals surface area contributed by atoms with Crippen molar-refractivity contribution in [1.82, 2.24) is 0 Å². The highest BCUT2D eigenvalue weighted by Crippen LogP contribution is 2.37. The molecule has 1 N–H and O–H groups in total. The summed E-state index contributed by atoms with van der Waals surface area (Å²) >= 11 is 10.2. The van der Waals surface area contributed by atoms with E-state index in [0.717, 1.165) is 11.6 Å². The van der Waals surface area contributed by atoms with Crippen LogP contribution in [-0.2, 0) is 6.18 Å². The van der Waals surface area contributed by atoms with E-state index in [2.05, 4.69) is 21.2 Å². The molecule has 7 heteroatoms. The van der Waals surface area contributed by atoms with Crippen LogP contribution in [0.3, 0.4) is 0 Å². The lowest BCUT2D eigenvalue weighted by atomic mass is 10.1. The molecule has 0 spiro atoms. The maximum atomic E-state index is 12.8. The number of halogens is 5. The van der Waals surface area contributed by atoms with Crippen molar-refractivity contribution < 1.29 is 13.2 Å². The molecule has 2 aromatic rings. The number of hydrogen-bond donors (Lipinski definition) is 1. The van der Waals surface area contributed by atoms with Gasteiger partial charge >= 0.3 is 6.18 Å². The number of rotatable bonds is 3. The highest BCUT2D eigenvalue weighted by atomic mass is 79.9. The molecule has 1 unspecified atom stereocenters. The second-order valence-corrected chi connectivity index (χ2v) is 6.64. The molecule has 1 nitrogen and oxygen atoms in total. The van der Waals surface area contributed by atoms with Crippen molar-refractivity contribution in [2.24, 2.45) is 0 Å². The zero-order chi connectivity index (χ0) is 14.9. The van der Waals surface area contributed by atoms with E-state index in [1.807, 2.05) is 12.3 Å². The molecule has 0 fully saturated rings. The quantitative estimate of drug-likeness (QED) is 0.649. The van der Waals surface area contributed by atoms with E-state index < -0.39 is 11.7 Å². The van der Waals surface area contributed by atoms with Gasteiger partial charge in [0.25, 0.3) is 0 Å². The molecule has 0 aliphatic rings. The molecule has 1 aromatic carbocycles. The van der Waals surface area contributed by atoms with Crippen LogP contribution >= 0.6 is 38.9 Å². The molecule has 0 aliphatic carbocycles. The van der Waals surface area contributed by atoms with Gasteiger partial charge in [0.2, 0.25) is 0 Å². The summed E-state index contributed by atoms with van der Waals surface area (Å²) in [6.45, 7) is 1.87. The van der Waals surface area contributed by atoms with E-state index in [1.165, 1.54) is 17.4 Å². The minimum atomic E-state index is -4.38. The Hall–Kier alpha value is -0.720. The fourth-order valence-electron chi connectivity index (χ4n) is 1.72. The second-order valence-electron chi connectivity index (χ2n) is 4.24. The fourth-order valence-corrected chi connectivity index (χ4v) is 3.17. The van der Waals surface area contributed by atoms with Gasteiger partial charge in [-0.3, -0.25) is 0 Å². The molecule has 1 heterocycles. The van der Waals surface area contributed by atoms with E-state index >= 15 is 0 Å². The Morgan fingerprint density at radius 1 is 1.30 bits per heavy atom. The summed E-state index contributed by atoms with van der Waals surface area (Å²) < 4.78 is 39.1.